The Morgan fingerprint density at radius 1 is 1.29 bits per heavy atom. The Morgan fingerprint density at radius 3 is 2.68 bits per heavy atom. The van der Waals surface area contributed by atoms with E-state index >= 15 is 0 Å². The molecule has 0 aliphatic heterocycles. The Kier molecular flexibility index (Phi) is 4.24. The van der Waals surface area contributed by atoms with Crippen LogP contribution in [0, 0.1) is 17.0 Å². The van der Waals surface area contributed by atoms with Crippen molar-refractivity contribution in [2.45, 2.75) is 6.92 Å². The van der Waals surface area contributed by atoms with Gasteiger partial charge in [0.1, 0.15) is 16.4 Å². The van der Waals surface area contributed by atoms with Gasteiger partial charge in [0.25, 0.3) is 17.2 Å². The number of furan rings is 1. The third-order valence-corrected chi connectivity index (χ3v) is 4.99. The Hall–Kier alpha value is -3.79. The summed E-state index contributed by atoms with van der Waals surface area (Å²) in [4.78, 5) is 40.6. The maximum absolute atomic E-state index is 13.0. The van der Waals surface area contributed by atoms with Gasteiger partial charge in [-0.25, -0.2) is 9.66 Å². The Balaban J connectivity index is 1.74. The van der Waals surface area contributed by atoms with Gasteiger partial charge in [0.2, 0.25) is 0 Å². The first-order chi connectivity index (χ1) is 13.5. The number of carbonyl (C=O) groups excluding carboxylic acids is 1. The SMILES string of the molecule is Cc1nc2scc(-c3ccco3)c2c(=O)n1NC(=O)c1ccc([N+](=O)[O-])cc1. The van der Waals surface area contributed by atoms with Crippen molar-refractivity contribution in [2.75, 3.05) is 5.43 Å². The summed E-state index contributed by atoms with van der Waals surface area (Å²) >= 11 is 1.31. The molecule has 0 bridgehead atoms. The molecule has 4 aromatic rings. The van der Waals surface area contributed by atoms with Crippen molar-refractivity contribution in [1.82, 2.24) is 9.66 Å². The summed E-state index contributed by atoms with van der Waals surface area (Å²) in [6.07, 6.45) is 1.51. The highest BCUT2D eigenvalue weighted by Crippen LogP contribution is 2.31. The fourth-order valence-electron chi connectivity index (χ4n) is 2.74. The molecule has 3 heterocycles. The first-order valence-corrected chi connectivity index (χ1v) is 8.94. The van der Waals surface area contributed by atoms with E-state index in [2.05, 4.69) is 10.4 Å². The molecule has 28 heavy (non-hydrogen) atoms. The minimum absolute atomic E-state index is 0.130. The fourth-order valence-corrected chi connectivity index (χ4v) is 3.70. The van der Waals surface area contributed by atoms with Gasteiger partial charge < -0.3 is 4.42 Å². The number of non-ortho nitro benzene ring substituents is 1. The van der Waals surface area contributed by atoms with E-state index in [-0.39, 0.29) is 11.3 Å². The molecule has 0 atom stereocenters. The Bertz CT molecular complexity index is 1260. The number of thiophene rings is 1. The van der Waals surface area contributed by atoms with Gasteiger partial charge in [-0.1, -0.05) is 0 Å². The number of nitrogens with zero attached hydrogens (tertiary/aromatic N) is 3. The number of benzene rings is 1. The lowest BCUT2D eigenvalue weighted by molar-refractivity contribution is -0.384. The van der Waals surface area contributed by atoms with Crippen LogP contribution < -0.4 is 11.0 Å². The van der Waals surface area contributed by atoms with Crippen molar-refractivity contribution in [3.8, 4) is 11.3 Å². The van der Waals surface area contributed by atoms with Crippen molar-refractivity contribution in [2.24, 2.45) is 0 Å². The Morgan fingerprint density at radius 2 is 2.04 bits per heavy atom. The highest BCUT2D eigenvalue weighted by atomic mass is 32.1. The average Bonchev–Trinajstić information content (AvgIpc) is 3.34. The summed E-state index contributed by atoms with van der Waals surface area (Å²) in [7, 11) is 0. The normalized spacial score (nSPS) is 10.9. The second-order valence-corrected chi connectivity index (χ2v) is 6.71. The van der Waals surface area contributed by atoms with E-state index < -0.39 is 16.4 Å². The average molecular weight is 396 g/mol. The fraction of sp³-hybridized carbons (Fsp3) is 0.0556. The second-order valence-electron chi connectivity index (χ2n) is 5.85. The van der Waals surface area contributed by atoms with Crippen molar-refractivity contribution in [1.29, 1.82) is 0 Å². The molecule has 1 amide bonds. The summed E-state index contributed by atoms with van der Waals surface area (Å²) in [5.74, 6) is 0.249. The highest BCUT2D eigenvalue weighted by molar-refractivity contribution is 7.17. The van der Waals surface area contributed by atoms with Crippen molar-refractivity contribution in [3.63, 3.8) is 0 Å². The minimum Gasteiger partial charge on any atom is -0.464 e. The molecule has 0 spiro atoms. The molecule has 1 N–H and O–H groups in total. The first-order valence-electron chi connectivity index (χ1n) is 8.06. The largest absolute Gasteiger partial charge is 0.464 e. The van der Waals surface area contributed by atoms with E-state index in [0.717, 1.165) is 4.68 Å². The highest BCUT2D eigenvalue weighted by Gasteiger charge is 2.18. The van der Waals surface area contributed by atoms with Gasteiger partial charge in [-0.3, -0.25) is 25.1 Å². The second kappa shape index (κ2) is 6.74. The number of hydrogen-bond acceptors (Lipinski definition) is 7. The van der Waals surface area contributed by atoms with Crippen LogP contribution in [0.3, 0.4) is 0 Å². The molecular weight excluding hydrogens is 384 g/mol. The number of nitrogens with one attached hydrogen (secondary N) is 1. The molecule has 10 heteroatoms. The smallest absolute Gasteiger partial charge is 0.281 e. The van der Waals surface area contributed by atoms with Gasteiger partial charge in [-0.05, 0) is 31.2 Å². The van der Waals surface area contributed by atoms with Crippen LogP contribution in [0.25, 0.3) is 21.5 Å². The van der Waals surface area contributed by atoms with E-state index in [1.165, 1.54) is 41.9 Å². The van der Waals surface area contributed by atoms with Crippen LogP contribution in [-0.2, 0) is 0 Å². The van der Waals surface area contributed by atoms with Crippen LogP contribution in [0.5, 0.6) is 0 Å². The zero-order chi connectivity index (χ0) is 19.8. The molecule has 0 unspecified atom stereocenters. The molecule has 0 saturated heterocycles. The number of rotatable bonds is 4. The van der Waals surface area contributed by atoms with Gasteiger partial charge >= 0.3 is 0 Å². The van der Waals surface area contributed by atoms with Crippen LogP contribution in [0.2, 0.25) is 0 Å². The third kappa shape index (κ3) is 2.95. The molecule has 0 radical (unpaired) electrons. The number of nitro groups is 1. The molecule has 0 aliphatic rings. The van der Waals surface area contributed by atoms with Gasteiger partial charge in [-0.15, -0.1) is 11.3 Å². The number of aryl methyl sites for hydroxylation is 1. The molecule has 3 aromatic heterocycles. The minimum atomic E-state index is -0.587. The maximum Gasteiger partial charge on any atom is 0.281 e. The van der Waals surface area contributed by atoms with Gasteiger partial charge in [0.05, 0.1) is 16.6 Å². The quantitative estimate of drug-likeness (QED) is 0.417. The van der Waals surface area contributed by atoms with Crippen LogP contribution in [0.15, 0.2) is 57.3 Å². The summed E-state index contributed by atoms with van der Waals surface area (Å²) in [6, 6.07) is 8.53. The lowest BCUT2D eigenvalue weighted by Crippen LogP contribution is -2.35. The summed E-state index contributed by atoms with van der Waals surface area (Å²) < 4.78 is 6.44. The molecule has 0 saturated carbocycles. The first kappa shape index (κ1) is 17.6. The predicted molar refractivity (Wildman–Crippen MR) is 103 cm³/mol. The summed E-state index contributed by atoms with van der Waals surface area (Å²) in [5, 5.41) is 12.9. The molecule has 0 aliphatic carbocycles. The van der Waals surface area contributed by atoms with Gasteiger partial charge in [0.15, 0.2) is 0 Å². The van der Waals surface area contributed by atoms with Crippen molar-refractivity contribution >= 4 is 33.1 Å². The lowest BCUT2D eigenvalue weighted by Gasteiger charge is -2.11. The van der Waals surface area contributed by atoms with E-state index in [1.807, 2.05) is 0 Å². The molecule has 140 valence electrons. The van der Waals surface area contributed by atoms with Crippen LogP contribution in [0.4, 0.5) is 5.69 Å². The number of amides is 1. The third-order valence-electron chi connectivity index (χ3n) is 4.12. The molecular formula is C18H12N4O5S. The number of hydrogen-bond donors (Lipinski definition) is 1. The van der Waals surface area contributed by atoms with E-state index in [1.54, 1.807) is 24.4 Å². The number of nitro benzene ring substituents is 1. The Labute approximate surface area is 161 Å². The zero-order valence-corrected chi connectivity index (χ0v) is 15.2. The lowest BCUT2D eigenvalue weighted by atomic mass is 10.2. The van der Waals surface area contributed by atoms with Crippen molar-refractivity contribution < 1.29 is 14.1 Å². The van der Waals surface area contributed by atoms with Crippen LogP contribution in [-0.4, -0.2) is 20.5 Å². The van der Waals surface area contributed by atoms with Crippen LogP contribution in [0.1, 0.15) is 16.2 Å². The molecule has 1 aromatic carbocycles. The molecule has 4 rings (SSSR count). The molecule has 9 nitrogen and oxygen atoms in total. The van der Waals surface area contributed by atoms with Crippen LogP contribution >= 0.6 is 11.3 Å². The molecule has 0 fully saturated rings. The van der Waals surface area contributed by atoms with Gasteiger partial charge in [-0.2, -0.15) is 0 Å². The zero-order valence-electron chi connectivity index (χ0n) is 14.4. The van der Waals surface area contributed by atoms with Crippen molar-refractivity contribution in [3.05, 3.63) is 79.9 Å². The topological polar surface area (TPSA) is 120 Å². The van der Waals surface area contributed by atoms with E-state index in [4.69, 9.17) is 4.42 Å². The van der Waals surface area contributed by atoms with Gasteiger partial charge in [0, 0.05) is 28.6 Å². The predicted octanol–water partition coefficient (Wildman–Crippen LogP) is 3.32. The standard InChI is InChI=1S/C18H12N4O5S/c1-10-19-17-15(13(9-28-17)14-3-2-8-27-14)18(24)21(10)20-16(23)11-4-6-12(7-5-11)22(25)26/h2-9H,1H3,(H,20,23). The van der Waals surface area contributed by atoms with E-state index in [9.17, 15) is 19.7 Å². The van der Waals surface area contributed by atoms with E-state index in [0.29, 0.717) is 27.4 Å². The monoisotopic (exact) mass is 396 g/mol. The number of carbonyl (C=O) groups is 1. The number of fused-ring (bicyclic) bond motifs is 1. The maximum atomic E-state index is 13.0. The number of aromatic nitrogens is 2. The summed E-state index contributed by atoms with van der Waals surface area (Å²) in [5.41, 5.74) is 2.71. The summed E-state index contributed by atoms with van der Waals surface area (Å²) in [6.45, 7) is 1.60.